The van der Waals surface area contributed by atoms with Crippen molar-refractivity contribution in [2.75, 3.05) is 6.54 Å². The van der Waals surface area contributed by atoms with E-state index in [2.05, 4.69) is 10.4 Å². The predicted molar refractivity (Wildman–Crippen MR) is 83.2 cm³/mol. The van der Waals surface area contributed by atoms with Gasteiger partial charge in [0.2, 0.25) is 0 Å². The molecule has 1 atom stereocenters. The van der Waals surface area contributed by atoms with E-state index in [1.165, 1.54) is 29.1 Å². The van der Waals surface area contributed by atoms with Gasteiger partial charge in [0.1, 0.15) is 5.82 Å². The first-order valence-electron chi connectivity index (χ1n) is 6.48. The number of hydrogen-bond donors (Lipinski definition) is 3. The molecule has 0 saturated heterocycles. The molecule has 8 heteroatoms. The van der Waals surface area contributed by atoms with Crippen LogP contribution in [0.2, 0.25) is 0 Å². The highest BCUT2D eigenvalue weighted by molar-refractivity contribution is 5.95. The second-order valence-corrected chi connectivity index (χ2v) is 4.85. The van der Waals surface area contributed by atoms with Gasteiger partial charge >= 0.3 is 0 Å². The Labute approximate surface area is 133 Å². The van der Waals surface area contributed by atoms with E-state index in [1.807, 2.05) is 0 Å². The van der Waals surface area contributed by atoms with Gasteiger partial charge in [0.25, 0.3) is 5.91 Å². The smallest absolute Gasteiger partial charge is 0.275 e. The van der Waals surface area contributed by atoms with E-state index >= 15 is 0 Å². The molecule has 0 fully saturated rings. The zero-order chi connectivity index (χ0) is 15.6. The number of aromatic nitrogens is 2. The number of aryl methyl sites for hydroxylation is 1. The third-order valence-electron chi connectivity index (χ3n) is 3.05. The number of halogens is 2. The van der Waals surface area contributed by atoms with Crippen LogP contribution >= 0.6 is 12.4 Å². The van der Waals surface area contributed by atoms with Gasteiger partial charge in [0, 0.05) is 12.6 Å². The molecule has 120 valence electrons. The SMILES string of the molecule is Cc1cc(F)ccc1-n1cc(O)c(C(=O)N[C@@H](C)CN)n1.Cl. The molecule has 0 aliphatic carbocycles. The van der Waals surface area contributed by atoms with Crippen molar-refractivity contribution in [3.63, 3.8) is 0 Å². The van der Waals surface area contributed by atoms with E-state index < -0.39 is 5.91 Å². The standard InChI is InChI=1S/C14H17FN4O2.ClH/c1-8-5-10(15)3-4-11(8)19-7-12(20)13(18-19)14(21)17-9(2)6-16;/h3-5,7,9,20H,6,16H2,1-2H3,(H,17,21);1H/t9-;/m0./s1. The molecule has 22 heavy (non-hydrogen) atoms. The zero-order valence-corrected chi connectivity index (χ0v) is 13.0. The van der Waals surface area contributed by atoms with Crippen molar-refractivity contribution in [3.05, 3.63) is 41.5 Å². The summed E-state index contributed by atoms with van der Waals surface area (Å²) in [4.78, 5) is 12.0. The first-order valence-corrected chi connectivity index (χ1v) is 6.48. The summed E-state index contributed by atoms with van der Waals surface area (Å²) in [6.07, 6.45) is 1.31. The molecule has 0 aliphatic heterocycles. The quantitative estimate of drug-likeness (QED) is 0.793. The Kier molecular flexibility index (Phi) is 5.90. The molecule has 0 aliphatic rings. The molecule has 4 N–H and O–H groups in total. The minimum Gasteiger partial charge on any atom is -0.504 e. The first kappa shape index (κ1) is 17.9. The summed E-state index contributed by atoms with van der Waals surface area (Å²) in [6, 6.07) is 3.94. The van der Waals surface area contributed by atoms with Gasteiger partial charge < -0.3 is 16.2 Å². The molecule has 1 heterocycles. The summed E-state index contributed by atoms with van der Waals surface area (Å²) in [6.45, 7) is 3.74. The van der Waals surface area contributed by atoms with E-state index in [0.717, 1.165) is 0 Å². The fourth-order valence-electron chi connectivity index (χ4n) is 1.88. The average Bonchev–Trinajstić information content (AvgIpc) is 2.80. The lowest BCUT2D eigenvalue weighted by molar-refractivity contribution is 0.0933. The minimum atomic E-state index is -0.510. The van der Waals surface area contributed by atoms with E-state index in [4.69, 9.17) is 5.73 Å². The van der Waals surface area contributed by atoms with Gasteiger partial charge in [-0.05, 0) is 37.6 Å². The van der Waals surface area contributed by atoms with Gasteiger partial charge in [-0.3, -0.25) is 4.79 Å². The molecule has 0 radical (unpaired) electrons. The fourth-order valence-corrected chi connectivity index (χ4v) is 1.88. The number of rotatable bonds is 4. The number of benzene rings is 1. The van der Waals surface area contributed by atoms with Crippen LogP contribution in [0.4, 0.5) is 4.39 Å². The highest BCUT2D eigenvalue weighted by Gasteiger charge is 2.18. The van der Waals surface area contributed by atoms with E-state index in [1.54, 1.807) is 13.8 Å². The van der Waals surface area contributed by atoms with Crippen molar-refractivity contribution in [2.24, 2.45) is 5.73 Å². The second-order valence-electron chi connectivity index (χ2n) is 4.85. The Morgan fingerprint density at radius 2 is 2.23 bits per heavy atom. The van der Waals surface area contributed by atoms with Gasteiger partial charge in [-0.2, -0.15) is 5.10 Å². The molecule has 0 unspecified atom stereocenters. The van der Waals surface area contributed by atoms with Gasteiger partial charge in [-0.25, -0.2) is 9.07 Å². The number of hydrogen-bond acceptors (Lipinski definition) is 4. The summed E-state index contributed by atoms with van der Waals surface area (Å²) in [5, 5.41) is 16.5. The molecular formula is C14H18ClFN4O2. The van der Waals surface area contributed by atoms with Crippen molar-refractivity contribution in [3.8, 4) is 11.4 Å². The zero-order valence-electron chi connectivity index (χ0n) is 12.2. The fraction of sp³-hybridized carbons (Fsp3) is 0.286. The highest BCUT2D eigenvalue weighted by Crippen LogP contribution is 2.21. The monoisotopic (exact) mass is 328 g/mol. The summed E-state index contributed by atoms with van der Waals surface area (Å²) >= 11 is 0. The van der Waals surface area contributed by atoms with Crippen LogP contribution in [-0.4, -0.2) is 33.4 Å². The van der Waals surface area contributed by atoms with Crippen LogP contribution in [-0.2, 0) is 0 Å². The third-order valence-corrected chi connectivity index (χ3v) is 3.05. The number of amides is 1. The topological polar surface area (TPSA) is 93.2 Å². The first-order chi connectivity index (χ1) is 9.92. The van der Waals surface area contributed by atoms with Gasteiger partial charge in [-0.1, -0.05) is 0 Å². The van der Waals surface area contributed by atoms with E-state index in [9.17, 15) is 14.3 Å². The van der Waals surface area contributed by atoms with Crippen LogP contribution in [0.3, 0.4) is 0 Å². The lowest BCUT2D eigenvalue weighted by Gasteiger charge is -2.09. The Balaban J connectivity index is 0.00000242. The molecule has 2 aromatic rings. The number of carbonyl (C=O) groups is 1. The summed E-state index contributed by atoms with van der Waals surface area (Å²) in [5.41, 5.74) is 6.55. The van der Waals surface area contributed by atoms with Crippen molar-refractivity contribution in [2.45, 2.75) is 19.9 Å². The lowest BCUT2D eigenvalue weighted by Crippen LogP contribution is -2.38. The third kappa shape index (κ3) is 3.75. The average molecular weight is 329 g/mol. The van der Waals surface area contributed by atoms with Crippen LogP contribution in [0, 0.1) is 12.7 Å². The Morgan fingerprint density at radius 1 is 1.55 bits per heavy atom. The summed E-state index contributed by atoms with van der Waals surface area (Å²) in [7, 11) is 0. The Bertz CT molecular complexity index is 675. The molecule has 0 saturated carbocycles. The molecule has 0 spiro atoms. The molecule has 1 aromatic heterocycles. The van der Waals surface area contributed by atoms with Crippen LogP contribution in [0.5, 0.6) is 5.75 Å². The van der Waals surface area contributed by atoms with Crippen molar-refractivity contribution in [1.29, 1.82) is 0 Å². The molecule has 1 amide bonds. The Hall–Kier alpha value is -2.12. The van der Waals surface area contributed by atoms with Gasteiger partial charge in [0.15, 0.2) is 11.4 Å². The number of nitrogens with two attached hydrogens (primary N) is 1. The maximum atomic E-state index is 13.1. The summed E-state index contributed by atoms with van der Waals surface area (Å²) < 4.78 is 14.4. The predicted octanol–water partition coefficient (Wildman–Crippen LogP) is 1.52. The van der Waals surface area contributed by atoms with Gasteiger partial charge in [0.05, 0.1) is 11.9 Å². The van der Waals surface area contributed by atoms with Crippen molar-refractivity contribution in [1.82, 2.24) is 15.1 Å². The maximum Gasteiger partial charge on any atom is 0.275 e. The summed E-state index contributed by atoms with van der Waals surface area (Å²) in [5.74, 6) is -1.12. The largest absolute Gasteiger partial charge is 0.504 e. The molecule has 1 aromatic carbocycles. The molecular weight excluding hydrogens is 311 g/mol. The number of carbonyl (C=O) groups excluding carboxylic acids is 1. The van der Waals surface area contributed by atoms with E-state index in [0.29, 0.717) is 11.3 Å². The van der Waals surface area contributed by atoms with Crippen LogP contribution in [0.1, 0.15) is 23.0 Å². The molecule has 0 bridgehead atoms. The van der Waals surface area contributed by atoms with Crippen molar-refractivity contribution < 1.29 is 14.3 Å². The van der Waals surface area contributed by atoms with Crippen LogP contribution < -0.4 is 11.1 Å². The lowest BCUT2D eigenvalue weighted by atomic mass is 10.2. The highest BCUT2D eigenvalue weighted by atomic mass is 35.5. The minimum absolute atomic E-state index is 0. The maximum absolute atomic E-state index is 13.1. The van der Waals surface area contributed by atoms with Crippen LogP contribution in [0.15, 0.2) is 24.4 Å². The number of aromatic hydroxyl groups is 1. The number of nitrogens with zero attached hydrogens (tertiary/aromatic N) is 2. The number of nitrogens with one attached hydrogen (secondary N) is 1. The second kappa shape index (κ2) is 7.24. The normalized spacial score (nSPS) is 11.6. The molecule has 2 rings (SSSR count). The van der Waals surface area contributed by atoms with Gasteiger partial charge in [-0.15, -0.1) is 12.4 Å². The molecule has 6 nitrogen and oxygen atoms in total. The Morgan fingerprint density at radius 3 is 2.82 bits per heavy atom. The van der Waals surface area contributed by atoms with Crippen molar-refractivity contribution >= 4 is 18.3 Å². The van der Waals surface area contributed by atoms with E-state index in [-0.39, 0.29) is 42.3 Å². The van der Waals surface area contributed by atoms with Crippen LogP contribution in [0.25, 0.3) is 5.69 Å².